The Labute approximate surface area is 65.5 Å². The molecule has 1 aliphatic carbocycles. The quantitative estimate of drug-likeness (QED) is 0.576. The van der Waals surface area contributed by atoms with Crippen LogP contribution in [0.5, 0.6) is 0 Å². The number of rotatable bonds is 2. The van der Waals surface area contributed by atoms with Crippen LogP contribution >= 0.6 is 12.0 Å². The highest BCUT2D eigenvalue weighted by molar-refractivity contribution is 7.93. The van der Waals surface area contributed by atoms with Crippen LogP contribution in [0.3, 0.4) is 0 Å². The van der Waals surface area contributed by atoms with Gasteiger partial charge in [0.2, 0.25) is 0 Å². The lowest BCUT2D eigenvalue weighted by atomic mass is 9.97. The number of carbonyl (C=O) groups excluding carboxylic acids is 1. The first kappa shape index (κ1) is 8.08. The zero-order valence-electron chi connectivity index (χ0n) is 6.13. The molecule has 0 spiro atoms. The molecule has 1 aliphatic rings. The van der Waals surface area contributed by atoms with Gasteiger partial charge in [0.25, 0.3) is 0 Å². The standard InChI is InChI=1S/C7H12O2S/c1-10-9-7-4-2-6(8)3-5-7/h7H,2-5H2,1H3. The average molecular weight is 160 g/mol. The maximum atomic E-state index is 10.8. The van der Waals surface area contributed by atoms with E-state index in [4.69, 9.17) is 4.18 Å². The van der Waals surface area contributed by atoms with E-state index in [0.29, 0.717) is 24.7 Å². The van der Waals surface area contributed by atoms with E-state index in [1.54, 1.807) is 0 Å². The van der Waals surface area contributed by atoms with E-state index >= 15 is 0 Å². The Kier molecular flexibility index (Phi) is 3.22. The molecule has 1 rings (SSSR count). The highest BCUT2D eigenvalue weighted by Gasteiger charge is 2.18. The van der Waals surface area contributed by atoms with Crippen molar-refractivity contribution in [1.82, 2.24) is 0 Å². The molecular formula is C7H12O2S. The Balaban J connectivity index is 2.19. The van der Waals surface area contributed by atoms with Gasteiger partial charge in [0.05, 0.1) is 6.10 Å². The summed E-state index contributed by atoms with van der Waals surface area (Å²) in [5.41, 5.74) is 0. The second-order valence-electron chi connectivity index (χ2n) is 2.50. The number of hydrogen-bond donors (Lipinski definition) is 0. The second kappa shape index (κ2) is 3.98. The van der Waals surface area contributed by atoms with Crippen LogP contribution in [0, 0.1) is 0 Å². The SMILES string of the molecule is CSOC1CCC(=O)CC1. The molecule has 0 heterocycles. The van der Waals surface area contributed by atoms with Gasteiger partial charge in [-0.1, -0.05) is 0 Å². The molecule has 0 aliphatic heterocycles. The van der Waals surface area contributed by atoms with Gasteiger partial charge in [0.15, 0.2) is 0 Å². The van der Waals surface area contributed by atoms with E-state index in [9.17, 15) is 4.79 Å². The fourth-order valence-corrected chi connectivity index (χ4v) is 1.61. The molecule has 0 aromatic heterocycles. The van der Waals surface area contributed by atoms with Gasteiger partial charge in [0, 0.05) is 19.1 Å². The van der Waals surface area contributed by atoms with Crippen LogP contribution < -0.4 is 0 Å². The topological polar surface area (TPSA) is 26.3 Å². The molecule has 0 atom stereocenters. The van der Waals surface area contributed by atoms with Crippen LogP contribution in [-0.4, -0.2) is 18.1 Å². The van der Waals surface area contributed by atoms with Crippen molar-refractivity contribution in [3.63, 3.8) is 0 Å². The van der Waals surface area contributed by atoms with Crippen LogP contribution in [0.2, 0.25) is 0 Å². The Bertz CT molecular complexity index is 115. The lowest BCUT2D eigenvalue weighted by molar-refractivity contribution is -0.121. The van der Waals surface area contributed by atoms with Gasteiger partial charge in [0.1, 0.15) is 5.78 Å². The summed E-state index contributed by atoms with van der Waals surface area (Å²) in [6.07, 6.45) is 5.50. The summed E-state index contributed by atoms with van der Waals surface area (Å²) < 4.78 is 5.30. The average Bonchev–Trinajstić information content (AvgIpc) is 1.95. The molecule has 0 unspecified atom stereocenters. The molecule has 0 N–H and O–H groups in total. The molecule has 58 valence electrons. The normalized spacial score (nSPS) is 21.5. The largest absolute Gasteiger partial charge is 0.312 e. The van der Waals surface area contributed by atoms with Crippen LogP contribution in [-0.2, 0) is 8.98 Å². The van der Waals surface area contributed by atoms with Crippen molar-refractivity contribution in [3.05, 3.63) is 0 Å². The van der Waals surface area contributed by atoms with Gasteiger partial charge in [-0.2, -0.15) is 0 Å². The summed E-state index contributed by atoms with van der Waals surface area (Å²) in [7, 11) is 0. The van der Waals surface area contributed by atoms with E-state index in [1.165, 1.54) is 12.0 Å². The number of hydrogen-bond acceptors (Lipinski definition) is 3. The molecule has 0 amide bonds. The molecule has 0 saturated heterocycles. The Morgan fingerprint density at radius 3 is 2.60 bits per heavy atom. The molecule has 0 aromatic rings. The first-order valence-corrected chi connectivity index (χ1v) is 4.69. The minimum atomic E-state index is 0.327. The van der Waals surface area contributed by atoms with Gasteiger partial charge >= 0.3 is 0 Å². The van der Waals surface area contributed by atoms with Gasteiger partial charge in [-0.15, -0.1) is 0 Å². The zero-order valence-corrected chi connectivity index (χ0v) is 6.95. The fraction of sp³-hybridized carbons (Fsp3) is 0.857. The Morgan fingerprint density at radius 1 is 1.50 bits per heavy atom. The van der Waals surface area contributed by atoms with Crippen LogP contribution in [0.25, 0.3) is 0 Å². The van der Waals surface area contributed by atoms with Crippen molar-refractivity contribution in [3.8, 4) is 0 Å². The first-order valence-electron chi connectivity index (χ1n) is 3.54. The van der Waals surface area contributed by atoms with E-state index in [1.807, 2.05) is 6.26 Å². The smallest absolute Gasteiger partial charge is 0.133 e. The van der Waals surface area contributed by atoms with Crippen LogP contribution in [0.1, 0.15) is 25.7 Å². The van der Waals surface area contributed by atoms with Crippen molar-refractivity contribution in [2.45, 2.75) is 31.8 Å². The summed E-state index contributed by atoms with van der Waals surface area (Å²) >= 11 is 1.40. The Hall–Kier alpha value is -0.0200. The summed E-state index contributed by atoms with van der Waals surface area (Å²) in [6.45, 7) is 0. The van der Waals surface area contributed by atoms with Gasteiger partial charge in [-0.05, 0) is 24.9 Å². The van der Waals surface area contributed by atoms with Crippen LogP contribution in [0.15, 0.2) is 0 Å². The van der Waals surface area contributed by atoms with Gasteiger partial charge in [-0.3, -0.25) is 4.79 Å². The predicted molar refractivity (Wildman–Crippen MR) is 41.9 cm³/mol. The summed E-state index contributed by atoms with van der Waals surface area (Å²) in [5, 5.41) is 0. The molecule has 2 nitrogen and oxygen atoms in total. The van der Waals surface area contributed by atoms with Crippen molar-refractivity contribution in [2.24, 2.45) is 0 Å². The molecule has 1 fully saturated rings. The maximum absolute atomic E-state index is 10.8. The lowest BCUT2D eigenvalue weighted by Crippen LogP contribution is -2.18. The Morgan fingerprint density at radius 2 is 2.10 bits per heavy atom. The monoisotopic (exact) mass is 160 g/mol. The third-order valence-electron chi connectivity index (χ3n) is 1.72. The van der Waals surface area contributed by atoms with Gasteiger partial charge in [-0.25, -0.2) is 0 Å². The first-order chi connectivity index (χ1) is 4.83. The zero-order chi connectivity index (χ0) is 7.40. The maximum Gasteiger partial charge on any atom is 0.133 e. The van der Waals surface area contributed by atoms with Crippen molar-refractivity contribution in [2.75, 3.05) is 6.26 Å². The van der Waals surface area contributed by atoms with E-state index in [0.717, 1.165) is 12.8 Å². The van der Waals surface area contributed by atoms with Gasteiger partial charge < -0.3 is 4.18 Å². The summed E-state index contributed by atoms with van der Waals surface area (Å²) in [4.78, 5) is 10.8. The molecule has 1 saturated carbocycles. The van der Waals surface area contributed by atoms with Crippen molar-refractivity contribution in [1.29, 1.82) is 0 Å². The third-order valence-corrected chi connectivity index (χ3v) is 2.19. The molecule has 0 radical (unpaired) electrons. The second-order valence-corrected chi connectivity index (χ2v) is 3.03. The summed E-state index contributed by atoms with van der Waals surface area (Å²) in [6, 6.07) is 0. The summed E-state index contributed by atoms with van der Waals surface area (Å²) in [5.74, 6) is 0.390. The van der Waals surface area contributed by atoms with Crippen molar-refractivity contribution < 1.29 is 8.98 Å². The number of Topliss-reactive ketones (excluding diaryl/α,β-unsaturated/α-hetero) is 1. The minimum Gasteiger partial charge on any atom is -0.312 e. The third kappa shape index (κ3) is 2.31. The number of carbonyl (C=O) groups is 1. The highest BCUT2D eigenvalue weighted by atomic mass is 32.2. The van der Waals surface area contributed by atoms with E-state index < -0.39 is 0 Å². The molecule has 3 heteroatoms. The molecule has 10 heavy (non-hydrogen) atoms. The highest BCUT2D eigenvalue weighted by Crippen LogP contribution is 2.20. The fourth-order valence-electron chi connectivity index (χ4n) is 1.15. The lowest BCUT2D eigenvalue weighted by Gasteiger charge is -2.18. The number of ketones is 1. The van der Waals surface area contributed by atoms with E-state index in [-0.39, 0.29) is 0 Å². The van der Waals surface area contributed by atoms with Crippen molar-refractivity contribution >= 4 is 17.8 Å². The van der Waals surface area contributed by atoms with Crippen LogP contribution in [0.4, 0.5) is 0 Å². The van der Waals surface area contributed by atoms with E-state index in [2.05, 4.69) is 0 Å². The molecule has 0 bridgehead atoms. The molecular weight excluding hydrogens is 148 g/mol. The minimum absolute atomic E-state index is 0.327. The molecule has 0 aromatic carbocycles. The predicted octanol–water partition coefficient (Wildman–Crippen LogP) is 1.79.